The highest BCUT2D eigenvalue weighted by molar-refractivity contribution is 6.30. The van der Waals surface area contributed by atoms with Crippen LogP contribution in [-0.2, 0) is 0 Å². The zero-order valence-electron chi connectivity index (χ0n) is 13.2. The minimum atomic E-state index is -0.469. The molecule has 0 unspecified atom stereocenters. The van der Waals surface area contributed by atoms with Gasteiger partial charge in [0.05, 0.1) is 0 Å². The minimum Gasteiger partial charge on any atom is -0.491 e. The van der Waals surface area contributed by atoms with Crippen LogP contribution >= 0.6 is 11.6 Å². The van der Waals surface area contributed by atoms with Crippen LogP contribution in [-0.4, -0.2) is 41.3 Å². The van der Waals surface area contributed by atoms with E-state index >= 15 is 0 Å². The molecule has 1 aliphatic heterocycles. The van der Waals surface area contributed by atoms with Gasteiger partial charge in [-0.25, -0.2) is 0 Å². The maximum absolute atomic E-state index is 10.3. The van der Waals surface area contributed by atoms with Crippen LogP contribution in [0, 0.1) is 6.92 Å². The van der Waals surface area contributed by atoms with Crippen LogP contribution in [0.4, 0.5) is 0 Å². The Balaban J connectivity index is 1.85. The highest BCUT2D eigenvalue weighted by Crippen LogP contribution is 2.24. The molecule has 1 saturated heterocycles. The smallest absolute Gasteiger partial charge is 0.122 e. The van der Waals surface area contributed by atoms with Crippen molar-refractivity contribution in [3.63, 3.8) is 0 Å². The molecule has 0 aromatic heterocycles. The Labute approximate surface area is 132 Å². The van der Waals surface area contributed by atoms with Crippen molar-refractivity contribution in [2.24, 2.45) is 0 Å². The summed E-state index contributed by atoms with van der Waals surface area (Å²) in [5, 5.41) is 11.0. The molecule has 0 spiro atoms. The largest absolute Gasteiger partial charge is 0.491 e. The number of benzene rings is 1. The van der Waals surface area contributed by atoms with Crippen molar-refractivity contribution >= 4 is 11.6 Å². The van der Waals surface area contributed by atoms with E-state index in [9.17, 15) is 5.11 Å². The lowest BCUT2D eigenvalue weighted by Crippen LogP contribution is -2.48. The molecule has 3 atom stereocenters. The Hall–Kier alpha value is -0.770. The van der Waals surface area contributed by atoms with E-state index in [0.717, 1.165) is 11.3 Å². The van der Waals surface area contributed by atoms with Crippen molar-refractivity contribution in [3.8, 4) is 5.75 Å². The summed E-state index contributed by atoms with van der Waals surface area (Å²) in [7, 11) is 0. The average molecular weight is 312 g/mol. The maximum atomic E-state index is 10.3. The third-order valence-corrected chi connectivity index (χ3v) is 4.60. The lowest BCUT2D eigenvalue weighted by atomic mass is 9.97. The number of ether oxygens (including phenoxy) is 1. The number of likely N-dealkylation sites (tertiary alicyclic amines) is 1. The van der Waals surface area contributed by atoms with E-state index in [2.05, 4.69) is 18.7 Å². The molecule has 0 saturated carbocycles. The normalized spacial score (nSPS) is 24.8. The molecular weight excluding hydrogens is 286 g/mol. The average Bonchev–Trinajstić information content (AvgIpc) is 2.42. The highest BCUT2D eigenvalue weighted by Gasteiger charge is 2.26. The van der Waals surface area contributed by atoms with E-state index in [1.165, 1.54) is 19.3 Å². The Kier molecular flexibility index (Phi) is 5.91. The monoisotopic (exact) mass is 311 g/mol. The molecule has 0 radical (unpaired) electrons. The maximum Gasteiger partial charge on any atom is 0.122 e. The van der Waals surface area contributed by atoms with Crippen LogP contribution in [0.2, 0.25) is 5.02 Å². The van der Waals surface area contributed by atoms with E-state index in [0.29, 0.717) is 30.3 Å². The van der Waals surface area contributed by atoms with E-state index < -0.39 is 6.10 Å². The van der Waals surface area contributed by atoms with Crippen molar-refractivity contribution in [3.05, 3.63) is 28.8 Å². The summed E-state index contributed by atoms with van der Waals surface area (Å²) in [6.45, 7) is 7.44. The molecule has 2 rings (SSSR count). The second-order valence-corrected chi connectivity index (χ2v) is 6.64. The first kappa shape index (κ1) is 16.6. The summed E-state index contributed by atoms with van der Waals surface area (Å²) < 4.78 is 5.73. The lowest BCUT2D eigenvalue weighted by molar-refractivity contribution is 0.0208. The number of β-amino-alcohol motifs (C(OH)–C–C–N with tert-alkyl or cyclic N) is 1. The molecule has 4 heteroatoms. The van der Waals surface area contributed by atoms with Gasteiger partial charge in [0.25, 0.3) is 0 Å². The molecule has 1 heterocycles. The molecule has 1 aliphatic rings. The zero-order valence-corrected chi connectivity index (χ0v) is 13.9. The highest BCUT2D eigenvalue weighted by atomic mass is 35.5. The van der Waals surface area contributed by atoms with Gasteiger partial charge in [0.15, 0.2) is 0 Å². The van der Waals surface area contributed by atoms with E-state index in [-0.39, 0.29) is 0 Å². The number of hydrogen-bond acceptors (Lipinski definition) is 3. The third-order valence-electron chi connectivity index (χ3n) is 4.37. The third kappa shape index (κ3) is 4.60. The van der Waals surface area contributed by atoms with Gasteiger partial charge in [0.1, 0.15) is 18.5 Å². The Morgan fingerprint density at radius 3 is 2.62 bits per heavy atom. The van der Waals surface area contributed by atoms with Crippen LogP contribution in [0.1, 0.15) is 38.7 Å². The van der Waals surface area contributed by atoms with Crippen LogP contribution in [0.25, 0.3) is 0 Å². The summed E-state index contributed by atoms with van der Waals surface area (Å²) in [6.07, 6.45) is 3.25. The number of rotatable bonds is 5. The number of aliphatic hydroxyl groups excluding tert-OH is 1. The van der Waals surface area contributed by atoms with Gasteiger partial charge in [0.2, 0.25) is 0 Å². The topological polar surface area (TPSA) is 32.7 Å². The summed E-state index contributed by atoms with van der Waals surface area (Å²) in [6, 6.07) is 6.63. The van der Waals surface area contributed by atoms with Crippen LogP contribution in [0.15, 0.2) is 18.2 Å². The summed E-state index contributed by atoms with van der Waals surface area (Å²) >= 11 is 5.93. The lowest BCUT2D eigenvalue weighted by Gasteiger charge is -2.40. The predicted molar refractivity (Wildman–Crippen MR) is 87.2 cm³/mol. The second kappa shape index (κ2) is 7.48. The minimum absolute atomic E-state index is 0.318. The first-order valence-corrected chi connectivity index (χ1v) is 8.18. The number of hydrogen-bond donors (Lipinski definition) is 1. The predicted octanol–water partition coefficient (Wildman–Crippen LogP) is 3.65. The fraction of sp³-hybridized carbons (Fsp3) is 0.647. The van der Waals surface area contributed by atoms with Gasteiger partial charge in [-0.1, -0.05) is 18.0 Å². The van der Waals surface area contributed by atoms with Gasteiger partial charge in [-0.2, -0.15) is 0 Å². The fourth-order valence-electron chi connectivity index (χ4n) is 3.09. The summed E-state index contributed by atoms with van der Waals surface area (Å²) in [5.41, 5.74) is 0.995. The van der Waals surface area contributed by atoms with E-state index in [4.69, 9.17) is 16.3 Å². The molecule has 118 valence electrons. The number of nitrogens with zero attached hydrogens (tertiary/aromatic N) is 1. The van der Waals surface area contributed by atoms with Crippen molar-refractivity contribution < 1.29 is 9.84 Å². The number of aryl methyl sites for hydroxylation is 1. The molecule has 21 heavy (non-hydrogen) atoms. The van der Waals surface area contributed by atoms with Crippen LogP contribution in [0.5, 0.6) is 5.75 Å². The first-order chi connectivity index (χ1) is 9.97. The molecule has 1 N–H and O–H groups in total. The van der Waals surface area contributed by atoms with Crippen molar-refractivity contribution in [2.45, 2.75) is 58.2 Å². The summed E-state index contributed by atoms with van der Waals surface area (Å²) in [4.78, 5) is 2.40. The van der Waals surface area contributed by atoms with Gasteiger partial charge in [-0.15, -0.1) is 0 Å². The van der Waals surface area contributed by atoms with Gasteiger partial charge in [0, 0.05) is 23.7 Å². The molecule has 0 aliphatic carbocycles. The molecule has 1 fully saturated rings. The van der Waals surface area contributed by atoms with Gasteiger partial charge < -0.3 is 9.84 Å². The fourth-order valence-corrected chi connectivity index (χ4v) is 3.32. The van der Waals surface area contributed by atoms with Crippen molar-refractivity contribution in [2.75, 3.05) is 13.2 Å². The first-order valence-electron chi connectivity index (χ1n) is 7.80. The Bertz CT molecular complexity index is 456. The second-order valence-electron chi connectivity index (χ2n) is 6.20. The van der Waals surface area contributed by atoms with Crippen LogP contribution < -0.4 is 4.74 Å². The Morgan fingerprint density at radius 1 is 1.33 bits per heavy atom. The number of aliphatic hydroxyl groups is 1. The van der Waals surface area contributed by atoms with Crippen LogP contribution in [0.3, 0.4) is 0 Å². The molecule has 0 amide bonds. The molecular formula is C17H26ClNO2. The molecule has 0 bridgehead atoms. The quantitative estimate of drug-likeness (QED) is 0.901. The standard InChI is InChI=1S/C17H26ClNO2/c1-12-9-15(18)7-8-17(12)21-11-16(20)10-19-13(2)5-4-6-14(19)3/h7-9,13-14,16,20H,4-6,10-11H2,1-3H3/t13-,14+,16-/m1/s1. The SMILES string of the molecule is Cc1cc(Cl)ccc1OC[C@H](O)CN1[C@H](C)CCC[C@@H]1C. The summed E-state index contributed by atoms with van der Waals surface area (Å²) in [5.74, 6) is 0.790. The van der Waals surface area contributed by atoms with Crippen molar-refractivity contribution in [1.29, 1.82) is 0 Å². The zero-order chi connectivity index (χ0) is 15.4. The molecule has 1 aromatic carbocycles. The number of piperidine rings is 1. The van der Waals surface area contributed by atoms with E-state index in [1.807, 2.05) is 25.1 Å². The Morgan fingerprint density at radius 2 is 2.00 bits per heavy atom. The van der Waals surface area contributed by atoms with Gasteiger partial charge in [-0.05, 0) is 57.4 Å². The van der Waals surface area contributed by atoms with E-state index in [1.54, 1.807) is 0 Å². The molecule has 1 aromatic rings. The molecule has 3 nitrogen and oxygen atoms in total. The van der Waals surface area contributed by atoms with Gasteiger partial charge >= 0.3 is 0 Å². The van der Waals surface area contributed by atoms with Gasteiger partial charge in [-0.3, -0.25) is 4.90 Å². The van der Waals surface area contributed by atoms with Crippen molar-refractivity contribution in [1.82, 2.24) is 4.90 Å². The number of halogens is 1.